The highest BCUT2D eigenvalue weighted by Crippen LogP contribution is 2.24. The Kier molecular flexibility index (Phi) is 5.10. The number of H-pyrrole nitrogens is 1. The molecule has 32 heavy (non-hydrogen) atoms. The van der Waals surface area contributed by atoms with Crippen molar-refractivity contribution in [1.29, 1.82) is 0 Å². The Hall–Kier alpha value is -3.72. The normalized spacial score (nSPS) is 14.9. The molecule has 1 amide bonds. The number of carbonyl (C=O) groups is 1. The number of nitrogens with zero attached hydrogens (tertiary/aromatic N) is 4. The summed E-state index contributed by atoms with van der Waals surface area (Å²) in [6.45, 7) is 6.34. The minimum absolute atomic E-state index is 0.175. The van der Waals surface area contributed by atoms with Gasteiger partial charge in [0, 0.05) is 50.7 Å². The lowest BCUT2D eigenvalue weighted by Gasteiger charge is -2.36. The van der Waals surface area contributed by atoms with Gasteiger partial charge in [0.05, 0.1) is 16.8 Å². The Balaban J connectivity index is 1.28. The fourth-order valence-electron chi connectivity index (χ4n) is 4.35. The summed E-state index contributed by atoms with van der Waals surface area (Å²) >= 11 is 0. The van der Waals surface area contributed by atoms with Gasteiger partial charge in [-0.2, -0.15) is 0 Å². The molecule has 0 saturated carbocycles. The molecule has 0 atom stereocenters. The van der Waals surface area contributed by atoms with Gasteiger partial charge in [0.1, 0.15) is 12.0 Å². The molecule has 3 aromatic heterocycles. The van der Waals surface area contributed by atoms with E-state index in [4.69, 9.17) is 4.52 Å². The first kappa shape index (κ1) is 20.2. The highest BCUT2D eigenvalue weighted by Gasteiger charge is 2.20. The monoisotopic (exact) mass is 432 g/mol. The van der Waals surface area contributed by atoms with Crippen molar-refractivity contribution in [2.75, 3.05) is 38.1 Å². The molecule has 0 aliphatic carbocycles. The molecule has 0 bridgehead atoms. The predicted octanol–water partition coefficient (Wildman–Crippen LogP) is 2.05. The van der Waals surface area contributed by atoms with E-state index in [1.807, 2.05) is 25.1 Å². The molecule has 9 nitrogen and oxygen atoms in total. The van der Waals surface area contributed by atoms with Gasteiger partial charge in [-0.15, -0.1) is 0 Å². The summed E-state index contributed by atoms with van der Waals surface area (Å²) in [5.41, 5.74) is 4.39. The topological polar surface area (TPSA) is 107 Å². The van der Waals surface area contributed by atoms with Crippen LogP contribution in [0.4, 0.5) is 5.69 Å². The van der Waals surface area contributed by atoms with Gasteiger partial charge >= 0.3 is 0 Å². The first-order valence-corrected chi connectivity index (χ1v) is 10.6. The maximum Gasteiger partial charge on any atom is 0.278 e. The molecule has 164 valence electrons. The summed E-state index contributed by atoms with van der Waals surface area (Å²) in [5.74, 6) is -0.175. The van der Waals surface area contributed by atoms with Crippen LogP contribution in [0.1, 0.15) is 21.7 Å². The van der Waals surface area contributed by atoms with E-state index in [1.165, 1.54) is 6.26 Å². The van der Waals surface area contributed by atoms with Crippen molar-refractivity contribution in [3.63, 3.8) is 0 Å². The average Bonchev–Trinajstić information content (AvgIpc) is 3.30. The van der Waals surface area contributed by atoms with E-state index in [2.05, 4.69) is 36.3 Å². The molecule has 1 saturated heterocycles. The highest BCUT2D eigenvalue weighted by molar-refractivity contribution is 6.03. The van der Waals surface area contributed by atoms with Gasteiger partial charge in [-0.25, -0.2) is 4.98 Å². The maximum atomic E-state index is 12.2. The fourth-order valence-corrected chi connectivity index (χ4v) is 4.35. The number of hydrogen-bond donors (Lipinski definition) is 2. The number of benzene rings is 1. The third-order valence-corrected chi connectivity index (χ3v) is 6.04. The van der Waals surface area contributed by atoms with Crippen molar-refractivity contribution in [3.05, 3.63) is 63.9 Å². The van der Waals surface area contributed by atoms with Crippen molar-refractivity contribution in [2.24, 2.45) is 0 Å². The number of anilines is 1. The number of rotatable bonds is 4. The summed E-state index contributed by atoms with van der Waals surface area (Å²) in [5, 5.41) is 8.05. The fraction of sp³-hybridized carbons (Fsp3) is 0.304. The molecular weight excluding hydrogens is 408 g/mol. The van der Waals surface area contributed by atoms with E-state index in [9.17, 15) is 9.59 Å². The molecule has 0 spiro atoms. The van der Waals surface area contributed by atoms with Crippen molar-refractivity contribution in [1.82, 2.24) is 25.3 Å². The van der Waals surface area contributed by atoms with E-state index >= 15 is 0 Å². The zero-order valence-corrected chi connectivity index (χ0v) is 18.0. The zero-order valence-electron chi connectivity index (χ0n) is 18.0. The number of fused-ring (bicyclic) bond motifs is 3. The number of aromatic amines is 1. The Morgan fingerprint density at radius 3 is 2.72 bits per heavy atom. The standard InChI is InChI=1S/C23H24N6O3/c1-14-20(6-5-18(25-14)22(30)24-2)29-9-7-28(8-10-29)12-15-3-4-16-17-13-32-27-21(17)23(31)26-19(16)11-15/h3-6,11,13H,7-10,12H2,1-2H3,(H,24,30)(H,26,31). The van der Waals surface area contributed by atoms with Crippen LogP contribution in [0.3, 0.4) is 0 Å². The second kappa shape index (κ2) is 8.08. The van der Waals surface area contributed by atoms with Crippen LogP contribution in [0.25, 0.3) is 21.8 Å². The Bertz CT molecular complexity index is 1370. The minimum Gasteiger partial charge on any atom is -0.368 e. The number of piperazine rings is 1. The number of aromatic nitrogens is 3. The first-order chi connectivity index (χ1) is 15.5. The smallest absolute Gasteiger partial charge is 0.278 e. The van der Waals surface area contributed by atoms with Crippen LogP contribution in [-0.2, 0) is 6.54 Å². The number of carbonyl (C=O) groups excluding carboxylic acids is 1. The molecule has 1 aliphatic heterocycles. The second-order valence-electron chi connectivity index (χ2n) is 8.05. The minimum atomic E-state index is -0.238. The van der Waals surface area contributed by atoms with Gasteiger partial charge in [0.15, 0.2) is 5.52 Å². The second-order valence-corrected chi connectivity index (χ2v) is 8.05. The van der Waals surface area contributed by atoms with E-state index < -0.39 is 0 Å². The van der Waals surface area contributed by atoms with Crippen LogP contribution >= 0.6 is 0 Å². The molecule has 1 aromatic carbocycles. The quantitative estimate of drug-likeness (QED) is 0.508. The van der Waals surface area contributed by atoms with Crippen LogP contribution in [-0.4, -0.2) is 59.2 Å². The van der Waals surface area contributed by atoms with Crippen molar-refractivity contribution in [3.8, 4) is 0 Å². The average molecular weight is 432 g/mol. The van der Waals surface area contributed by atoms with E-state index in [0.29, 0.717) is 11.2 Å². The molecule has 5 rings (SSSR count). The third-order valence-electron chi connectivity index (χ3n) is 6.04. The predicted molar refractivity (Wildman–Crippen MR) is 122 cm³/mol. The number of hydrogen-bond acceptors (Lipinski definition) is 7. The van der Waals surface area contributed by atoms with Crippen LogP contribution in [0, 0.1) is 6.92 Å². The number of amides is 1. The Morgan fingerprint density at radius 2 is 1.97 bits per heavy atom. The van der Waals surface area contributed by atoms with Crippen molar-refractivity contribution in [2.45, 2.75) is 13.5 Å². The molecule has 1 fully saturated rings. The Morgan fingerprint density at radius 1 is 1.16 bits per heavy atom. The summed E-state index contributed by atoms with van der Waals surface area (Å²) in [4.78, 5) is 36.1. The van der Waals surface area contributed by atoms with Gasteiger partial charge in [0.25, 0.3) is 11.5 Å². The first-order valence-electron chi connectivity index (χ1n) is 10.6. The lowest BCUT2D eigenvalue weighted by Crippen LogP contribution is -2.46. The molecule has 0 radical (unpaired) electrons. The third kappa shape index (κ3) is 3.60. The molecule has 9 heteroatoms. The SMILES string of the molecule is CNC(=O)c1ccc(N2CCN(Cc3ccc4c(c3)[nH]c(=O)c3nocc34)CC2)c(C)n1. The number of pyridine rings is 2. The van der Waals surface area contributed by atoms with Gasteiger partial charge < -0.3 is 19.7 Å². The zero-order chi connectivity index (χ0) is 22.2. The van der Waals surface area contributed by atoms with Crippen LogP contribution in [0.2, 0.25) is 0 Å². The van der Waals surface area contributed by atoms with Crippen LogP contribution < -0.4 is 15.8 Å². The van der Waals surface area contributed by atoms with Crippen molar-refractivity contribution < 1.29 is 9.32 Å². The van der Waals surface area contributed by atoms with E-state index in [1.54, 1.807) is 13.1 Å². The summed E-state index contributed by atoms with van der Waals surface area (Å²) in [7, 11) is 1.61. The number of aryl methyl sites for hydroxylation is 1. The summed E-state index contributed by atoms with van der Waals surface area (Å²) in [6, 6.07) is 9.88. The Labute approximate surface area is 184 Å². The molecule has 1 aliphatic rings. The molecule has 4 heterocycles. The highest BCUT2D eigenvalue weighted by atomic mass is 16.5. The largest absolute Gasteiger partial charge is 0.368 e. The summed E-state index contributed by atoms with van der Waals surface area (Å²) in [6.07, 6.45) is 1.52. The molecule has 0 unspecified atom stereocenters. The lowest BCUT2D eigenvalue weighted by atomic mass is 10.1. The van der Waals surface area contributed by atoms with E-state index in [-0.39, 0.29) is 11.5 Å². The summed E-state index contributed by atoms with van der Waals surface area (Å²) < 4.78 is 4.98. The van der Waals surface area contributed by atoms with Crippen LogP contribution in [0.5, 0.6) is 0 Å². The molecular formula is C23H24N6O3. The van der Waals surface area contributed by atoms with E-state index in [0.717, 1.165) is 66.0 Å². The maximum absolute atomic E-state index is 12.2. The number of nitrogens with one attached hydrogen (secondary N) is 2. The van der Waals surface area contributed by atoms with Gasteiger partial charge in [-0.3, -0.25) is 14.5 Å². The van der Waals surface area contributed by atoms with Gasteiger partial charge in [-0.05, 0) is 30.7 Å². The lowest BCUT2D eigenvalue weighted by molar-refractivity contribution is 0.0958. The molecule has 2 N–H and O–H groups in total. The van der Waals surface area contributed by atoms with Gasteiger partial charge in [0.2, 0.25) is 0 Å². The van der Waals surface area contributed by atoms with Gasteiger partial charge in [-0.1, -0.05) is 17.3 Å². The molecule has 4 aromatic rings. The van der Waals surface area contributed by atoms with Crippen molar-refractivity contribution >= 4 is 33.4 Å². The van der Waals surface area contributed by atoms with Crippen LogP contribution in [0.15, 0.2) is 45.9 Å².